The zero-order chi connectivity index (χ0) is 11.3. The fraction of sp³-hybridized carbons (Fsp3) is 0.667. The van der Waals surface area contributed by atoms with Crippen LogP contribution in [-0.2, 0) is 11.3 Å². The molecule has 0 aliphatic rings. The molecule has 0 spiro atoms. The van der Waals surface area contributed by atoms with Crippen LogP contribution in [0.5, 0.6) is 0 Å². The lowest BCUT2D eigenvalue weighted by Gasteiger charge is -2.16. The van der Waals surface area contributed by atoms with Crippen LogP contribution in [0, 0.1) is 5.92 Å². The molecule has 0 aromatic carbocycles. The molecule has 2 unspecified atom stereocenters. The Balaban J connectivity index is 2.36. The van der Waals surface area contributed by atoms with E-state index in [9.17, 15) is 4.79 Å². The average Bonchev–Trinajstić information content (AvgIpc) is 2.76. The Kier molecular flexibility index (Phi) is 4.23. The first-order chi connectivity index (χ1) is 7.15. The molecule has 1 aromatic heterocycles. The van der Waals surface area contributed by atoms with Crippen molar-refractivity contribution in [3.8, 4) is 0 Å². The molecule has 1 amide bonds. The zero-order valence-corrected chi connectivity index (χ0v) is 8.93. The summed E-state index contributed by atoms with van der Waals surface area (Å²) in [6.07, 6.45) is 2.09. The Morgan fingerprint density at radius 1 is 1.73 bits per heavy atom. The van der Waals surface area contributed by atoms with Crippen LogP contribution >= 0.6 is 0 Å². The fourth-order valence-electron chi connectivity index (χ4n) is 1.07. The number of nitrogens with zero attached hydrogens (tertiary/aromatic N) is 2. The van der Waals surface area contributed by atoms with E-state index in [0.29, 0.717) is 5.82 Å². The molecule has 0 aliphatic carbocycles. The first-order valence-electron chi connectivity index (χ1n) is 4.93. The molecule has 1 rings (SSSR count). The molecule has 2 atom stereocenters. The van der Waals surface area contributed by atoms with E-state index in [0.717, 1.165) is 6.42 Å². The Morgan fingerprint density at radius 3 is 3.00 bits per heavy atom. The van der Waals surface area contributed by atoms with Crippen LogP contribution in [0.15, 0.2) is 10.9 Å². The summed E-state index contributed by atoms with van der Waals surface area (Å²) in [4.78, 5) is 15.3. The maximum atomic E-state index is 11.5. The second-order valence-corrected chi connectivity index (χ2v) is 3.48. The SMILES string of the molecule is CCC(C)C(N)C(=O)NCc1ncon1. The maximum absolute atomic E-state index is 11.5. The van der Waals surface area contributed by atoms with Gasteiger partial charge in [-0.05, 0) is 5.92 Å². The molecule has 15 heavy (non-hydrogen) atoms. The van der Waals surface area contributed by atoms with Gasteiger partial charge in [-0.25, -0.2) is 0 Å². The van der Waals surface area contributed by atoms with Gasteiger partial charge in [-0.2, -0.15) is 4.98 Å². The minimum atomic E-state index is -0.484. The number of nitrogens with one attached hydrogen (secondary N) is 1. The lowest BCUT2D eigenvalue weighted by atomic mass is 9.99. The third-order valence-electron chi connectivity index (χ3n) is 2.39. The van der Waals surface area contributed by atoms with Gasteiger partial charge in [0.1, 0.15) is 0 Å². The molecule has 6 nitrogen and oxygen atoms in total. The molecule has 1 heterocycles. The molecular weight excluding hydrogens is 196 g/mol. The van der Waals surface area contributed by atoms with Gasteiger partial charge < -0.3 is 15.6 Å². The first-order valence-corrected chi connectivity index (χ1v) is 4.93. The van der Waals surface area contributed by atoms with Crippen molar-refractivity contribution < 1.29 is 9.32 Å². The van der Waals surface area contributed by atoms with Gasteiger partial charge >= 0.3 is 0 Å². The molecule has 84 valence electrons. The van der Waals surface area contributed by atoms with E-state index in [1.54, 1.807) is 0 Å². The molecule has 6 heteroatoms. The molecular formula is C9H16N4O2. The van der Waals surface area contributed by atoms with Crippen molar-refractivity contribution in [3.63, 3.8) is 0 Å². The summed E-state index contributed by atoms with van der Waals surface area (Å²) in [6.45, 7) is 4.19. The van der Waals surface area contributed by atoms with Gasteiger partial charge in [0.15, 0.2) is 5.82 Å². The van der Waals surface area contributed by atoms with Crippen LogP contribution in [0.1, 0.15) is 26.1 Å². The summed E-state index contributed by atoms with van der Waals surface area (Å²) in [7, 11) is 0. The summed E-state index contributed by atoms with van der Waals surface area (Å²) < 4.78 is 4.53. The van der Waals surface area contributed by atoms with Crippen molar-refractivity contribution in [2.75, 3.05) is 0 Å². The predicted octanol–water partition coefficient (Wildman–Crippen LogP) is 0.0592. The zero-order valence-electron chi connectivity index (χ0n) is 8.93. The largest absolute Gasteiger partial charge is 0.347 e. The maximum Gasteiger partial charge on any atom is 0.237 e. The standard InChI is InChI=1S/C9H16N4O2/c1-3-6(2)8(10)9(14)11-4-7-12-5-15-13-7/h5-6,8H,3-4,10H2,1-2H3,(H,11,14). The van der Waals surface area contributed by atoms with Gasteiger partial charge in [-0.3, -0.25) is 4.79 Å². The molecule has 1 aromatic rings. The summed E-state index contributed by atoms with van der Waals surface area (Å²) in [5.74, 6) is 0.420. The lowest BCUT2D eigenvalue weighted by molar-refractivity contribution is -0.123. The summed E-state index contributed by atoms with van der Waals surface area (Å²) in [6, 6.07) is -0.484. The quantitative estimate of drug-likeness (QED) is 0.719. The highest BCUT2D eigenvalue weighted by atomic mass is 16.5. The third kappa shape index (κ3) is 3.32. The third-order valence-corrected chi connectivity index (χ3v) is 2.39. The van der Waals surface area contributed by atoms with E-state index >= 15 is 0 Å². The molecule has 0 aliphatic heterocycles. The summed E-state index contributed by atoms with van der Waals surface area (Å²) >= 11 is 0. The number of hydrogen-bond acceptors (Lipinski definition) is 5. The van der Waals surface area contributed by atoms with Gasteiger partial charge in [0, 0.05) is 0 Å². The molecule has 3 N–H and O–H groups in total. The number of amides is 1. The minimum Gasteiger partial charge on any atom is -0.347 e. The van der Waals surface area contributed by atoms with Gasteiger partial charge in [-0.15, -0.1) is 0 Å². The monoisotopic (exact) mass is 212 g/mol. The number of carbonyl (C=O) groups excluding carboxylic acids is 1. The van der Waals surface area contributed by atoms with Crippen molar-refractivity contribution in [1.82, 2.24) is 15.5 Å². The van der Waals surface area contributed by atoms with Gasteiger partial charge in [0.25, 0.3) is 0 Å². The topological polar surface area (TPSA) is 94.0 Å². The smallest absolute Gasteiger partial charge is 0.237 e. The number of carbonyl (C=O) groups is 1. The highest BCUT2D eigenvalue weighted by Gasteiger charge is 2.19. The van der Waals surface area contributed by atoms with E-state index in [1.807, 2.05) is 13.8 Å². The van der Waals surface area contributed by atoms with Crippen molar-refractivity contribution in [1.29, 1.82) is 0 Å². The highest BCUT2D eigenvalue weighted by molar-refractivity contribution is 5.81. The van der Waals surface area contributed by atoms with Crippen molar-refractivity contribution in [3.05, 3.63) is 12.2 Å². The van der Waals surface area contributed by atoms with Crippen molar-refractivity contribution >= 4 is 5.91 Å². The Bertz CT molecular complexity index is 299. The second kappa shape index (κ2) is 5.45. The average molecular weight is 212 g/mol. The van der Waals surface area contributed by atoms with Crippen LogP contribution in [0.3, 0.4) is 0 Å². The highest BCUT2D eigenvalue weighted by Crippen LogP contribution is 2.05. The van der Waals surface area contributed by atoms with E-state index in [2.05, 4.69) is 20.0 Å². The first kappa shape index (κ1) is 11.6. The van der Waals surface area contributed by atoms with E-state index < -0.39 is 6.04 Å². The Morgan fingerprint density at radius 2 is 2.47 bits per heavy atom. The van der Waals surface area contributed by atoms with Crippen LogP contribution in [0.4, 0.5) is 0 Å². The number of aromatic nitrogens is 2. The minimum absolute atomic E-state index is 0.162. The lowest BCUT2D eigenvalue weighted by Crippen LogP contribution is -2.44. The molecule has 0 bridgehead atoms. The van der Waals surface area contributed by atoms with Crippen molar-refractivity contribution in [2.24, 2.45) is 11.7 Å². The molecule has 0 saturated carbocycles. The summed E-state index contributed by atoms with van der Waals surface area (Å²) in [5, 5.41) is 6.22. The van der Waals surface area contributed by atoms with E-state index in [1.165, 1.54) is 6.39 Å². The summed E-state index contributed by atoms with van der Waals surface area (Å²) in [5.41, 5.74) is 5.73. The van der Waals surface area contributed by atoms with Crippen molar-refractivity contribution in [2.45, 2.75) is 32.9 Å². The van der Waals surface area contributed by atoms with Gasteiger partial charge in [0.05, 0.1) is 12.6 Å². The van der Waals surface area contributed by atoms with Crippen LogP contribution in [0.2, 0.25) is 0 Å². The number of nitrogens with two attached hydrogens (primary N) is 1. The Hall–Kier alpha value is -1.43. The van der Waals surface area contributed by atoms with E-state index in [4.69, 9.17) is 5.73 Å². The number of rotatable bonds is 5. The van der Waals surface area contributed by atoms with Crippen LogP contribution in [-0.4, -0.2) is 22.1 Å². The van der Waals surface area contributed by atoms with Crippen LogP contribution < -0.4 is 11.1 Å². The van der Waals surface area contributed by atoms with E-state index in [-0.39, 0.29) is 18.4 Å². The fourth-order valence-corrected chi connectivity index (χ4v) is 1.07. The molecule has 0 fully saturated rings. The predicted molar refractivity (Wildman–Crippen MR) is 53.6 cm³/mol. The molecule has 0 saturated heterocycles. The van der Waals surface area contributed by atoms with Gasteiger partial charge in [0.2, 0.25) is 12.3 Å². The Labute approximate surface area is 88.2 Å². The second-order valence-electron chi connectivity index (χ2n) is 3.48. The molecule has 0 radical (unpaired) electrons. The normalized spacial score (nSPS) is 14.6. The van der Waals surface area contributed by atoms with Gasteiger partial charge in [-0.1, -0.05) is 25.4 Å². The number of hydrogen-bond donors (Lipinski definition) is 2. The van der Waals surface area contributed by atoms with Crippen LogP contribution in [0.25, 0.3) is 0 Å².